The van der Waals surface area contributed by atoms with E-state index in [1.807, 2.05) is 74.5 Å². The summed E-state index contributed by atoms with van der Waals surface area (Å²) >= 11 is 0. The fourth-order valence-electron chi connectivity index (χ4n) is 3.30. The summed E-state index contributed by atoms with van der Waals surface area (Å²) in [4.78, 5) is 29.2. The lowest BCUT2D eigenvalue weighted by atomic mass is 10.0. The second-order valence-electron chi connectivity index (χ2n) is 6.94. The summed E-state index contributed by atoms with van der Waals surface area (Å²) < 4.78 is 0. The molecule has 0 saturated heterocycles. The SMILES string of the molecule is Cc1ccc(NC(=O)C(=O)c2c(-c3ccccc3)[nH]c3ccc(C)cc23)cc1. The van der Waals surface area contributed by atoms with Gasteiger partial charge in [-0.2, -0.15) is 0 Å². The first-order valence-electron chi connectivity index (χ1n) is 9.13. The highest BCUT2D eigenvalue weighted by Crippen LogP contribution is 2.31. The Hall–Kier alpha value is -3.66. The molecular weight excluding hydrogens is 348 g/mol. The van der Waals surface area contributed by atoms with E-state index in [9.17, 15) is 9.59 Å². The largest absolute Gasteiger partial charge is 0.354 e. The van der Waals surface area contributed by atoms with Crippen molar-refractivity contribution in [2.75, 3.05) is 5.32 Å². The van der Waals surface area contributed by atoms with Crippen molar-refractivity contribution in [2.24, 2.45) is 0 Å². The summed E-state index contributed by atoms with van der Waals surface area (Å²) in [6.45, 7) is 3.94. The number of carbonyl (C=O) groups excluding carboxylic acids is 2. The van der Waals surface area contributed by atoms with Gasteiger partial charge >= 0.3 is 0 Å². The van der Waals surface area contributed by atoms with Gasteiger partial charge in [0.05, 0.1) is 11.3 Å². The number of Topliss-reactive ketones (excluding diaryl/α,β-unsaturated/α-hetero) is 1. The molecule has 4 heteroatoms. The molecule has 3 aromatic carbocycles. The lowest BCUT2D eigenvalue weighted by Crippen LogP contribution is -2.23. The average molecular weight is 368 g/mol. The maximum atomic E-state index is 13.2. The Balaban J connectivity index is 1.79. The number of aromatic nitrogens is 1. The lowest BCUT2D eigenvalue weighted by molar-refractivity contribution is -0.112. The third-order valence-electron chi connectivity index (χ3n) is 4.76. The summed E-state index contributed by atoms with van der Waals surface area (Å²) in [7, 11) is 0. The maximum absolute atomic E-state index is 13.2. The number of aryl methyl sites for hydroxylation is 2. The van der Waals surface area contributed by atoms with E-state index in [4.69, 9.17) is 0 Å². The molecule has 1 heterocycles. The fourth-order valence-corrected chi connectivity index (χ4v) is 3.30. The molecule has 0 unspecified atom stereocenters. The zero-order valence-electron chi connectivity index (χ0n) is 15.7. The van der Waals surface area contributed by atoms with Crippen LogP contribution in [0.15, 0.2) is 72.8 Å². The number of nitrogens with one attached hydrogen (secondary N) is 2. The summed E-state index contributed by atoms with van der Waals surface area (Å²) in [5.74, 6) is -1.21. The smallest absolute Gasteiger partial charge is 0.296 e. The van der Waals surface area contributed by atoms with Crippen LogP contribution in [-0.4, -0.2) is 16.7 Å². The van der Waals surface area contributed by atoms with Crippen molar-refractivity contribution in [1.29, 1.82) is 0 Å². The minimum atomic E-state index is -0.650. The highest BCUT2D eigenvalue weighted by molar-refractivity contribution is 6.49. The molecule has 0 saturated carbocycles. The number of anilines is 1. The van der Waals surface area contributed by atoms with Crippen LogP contribution in [0.5, 0.6) is 0 Å². The van der Waals surface area contributed by atoms with Gasteiger partial charge in [0.2, 0.25) is 0 Å². The summed E-state index contributed by atoms with van der Waals surface area (Å²) in [6, 6.07) is 22.8. The van der Waals surface area contributed by atoms with Crippen LogP contribution in [0, 0.1) is 13.8 Å². The number of hydrogen-bond donors (Lipinski definition) is 2. The number of carbonyl (C=O) groups is 2. The molecule has 4 nitrogen and oxygen atoms in total. The third kappa shape index (κ3) is 3.32. The van der Waals surface area contributed by atoms with Gasteiger partial charge in [-0.25, -0.2) is 0 Å². The van der Waals surface area contributed by atoms with Crippen molar-refractivity contribution < 1.29 is 9.59 Å². The predicted molar refractivity (Wildman–Crippen MR) is 113 cm³/mol. The highest BCUT2D eigenvalue weighted by Gasteiger charge is 2.25. The molecule has 138 valence electrons. The first-order valence-corrected chi connectivity index (χ1v) is 9.13. The molecule has 0 bridgehead atoms. The van der Waals surface area contributed by atoms with Gasteiger partial charge in [-0.05, 0) is 43.7 Å². The third-order valence-corrected chi connectivity index (χ3v) is 4.76. The molecule has 1 aromatic heterocycles. The van der Waals surface area contributed by atoms with Crippen LogP contribution < -0.4 is 5.32 Å². The second kappa shape index (κ2) is 7.16. The number of amides is 1. The topological polar surface area (TPSA) is 62.0 Å². The quantitative estimate of drug-likeness (QED) is 0.381. The molecule has 28 heavy (non-hydrogen) atoms. The van der Waals surface area contributed by atoms with Crippen molar-refractivity contribution in [3.05, 3.63) is 89.5 Å². The van der Waals surface area contributed by atoms with E-state index < -0.39 is 11.7 Å². The Morgan fingerprint density at radius 2 is 1.50 bits per heavy atom. The molecule has 0 aliphatic carbocycles. The Morgan fingerprint density at radius 3 is 2.21 bits per heavy atom. The first-order chi connectivity index (χ1) is 13.5. The maximum Gasteiger partial charge on any atom is 0.296 e. The van der Waals surface area contributed by atoms with Gasteiger partial charge < -0.3 is 10.3 Å². The van der Waals surface area contributed by atoms with Gasteiger partial charge in [0.15, 0.2) is 0 Å². The minimum Gasteiger partial charge on any atom is -0.354 e. The van der Waals surface area contributed by atoms with Gasteiger partial charge in [-0.1, -0.05) is 59.7 Å². The summed E-state index contributed by atoms with van der Waals surface area (Å²) in [5.41, 5.74) is 5.46. The van der Waals surface area contributed by atoms with Gasteiger partial charge in [0.25, 0.3) is 11.7 Å². The number of rotatable bonds is 4. The van der Waals surface area contributed by atoms with E-state index in [1.54, 1.807) is 12.1 Å². The van der Waals surface area contributed by atoms with E-state index in [0.717, 1.165) is 27.6 Å². The van der Waals surface area contributed by atoms with Crippen LogP contribution in [0.3, 0.4) is 0 Å². The molecule has 2 N–H and O–H groups in total. The predicted octanol–water partition coefficient (Wildman–Crippen LogP) is 5.27. The van der Waals surface area contributed by atoms with Crippen LogP contribution in [0.25, 0.3) is 22.2 Å². The number of ketones is 1. The van der Waals surface area contributed by atoms with Gasteiger partial charge in [-0.3, -0.25) is 9.59 Å². The number of fused-ring (bicyclic) bond motifs is 1. The Bertz CT molecular complexity index is 1170. The molecule has 0 fully saturated rings. The van der Waals surface area contributed by atoms with E-state index in [0.29, 0.717) is 16.9 Å². The molecule has 0 atom stereocenters. The van der Waals surface area contributed by atoms with Crippen molar-refractivity contribution in [3.8, 4) is 11.3 Å². The molecule has 0 radical (unpaired) electrons. The summed E-state index contributed by atoms with van der Waals surface area (Å²) in [6.07, 6.45) is 0. The molecule has 0 aliphatic heterocycles. The average Bonchev–Trinajstić information content (AvgIpc) is 3.08. The van der Waals surface area contributed by atoms with Crippen molar-refractivity contribution >= 4 is 28.3 Å². The zero-order valence-corrected chi connectivity index (χ0v) is 15.7. The normalized spacial score (nSPS) is 10.8. The van der Waals surface area contributed by atoms with Crippen LogP contribution in [0.2, 0.25) is 0 Å². The molecule has 4 rings (SSSR count). The van der Waals surface area contributed by atoms with E-state index in [2.05, 4.69) is 10.3 Å². The van der Waals surface area contributed by atoms with Gasteiger partial charge in [-0.15, -0.1) is 0 Å². The Labute approximate surface area is 163 Å². The number of benzene rings is 3. The molecule has 0 spiro atoms. The van der Waals surface area contributed by atoms with E-state index >= 15 is 0 Å². The second-order valence-corrected chi connectivity index (χ2v) is 6.94. The van der Waals surface area contributed by atoms with Crippen LogP contribution in [-0.2, 0) is 4.79 Å². The molecular formula is C24H20N2O2. The van der Waals surface area contributed by atoms with Gasteiger partial charge in [0, 0.05) is 16.6 Å². The van der Waals surface area contributed by atoms with Crippen molar-refractivity contribution in [2.45, 2.75) is 13.8 Å². The molecule has 4 aromatic rings. The number of hydrogen-bond acceptors (Lipinski definition) is 2. The van der Waals surface area contributed by atoms with Crippen LogP contribution in [0.4, 0.5) is 5.69 Å². The van der Waals surface area contributed by atoms with Gasteiger partial charge in [0.1, 0.15) is 0 Å². The van der Waals surface area contributed by atoms with Crippen LogP contribution >= 0.6 is 0 Å². The number of H-pyrrole nitrogens is 1. The standard InChI is InChI=1S/C24H20N2O2/c1-15-8-11-18(12-9-15)25-24(28)23(27)21-19-14-16(2)10-13-20(19)26-22(21)17-6-4-3-5-7-17/h3-14,26H,1-2H3,(H,25,28). The number of aromatic amines is 1. The van der Waals surface area contributed by atoms with Crippen LogP contribution in [0.1, 0.15) is 21.5 Å². The minimum absolute atomic E-state index is 0.398. The van der Waals surface area contributed by atoms with Crippen molar-refractivity contribution in [1.82, 2.24) is 4.98 Å². The van der Waals surface area contributed by atoms with Crippen molar-refractivity contribution in [3.63, 3.8) is 0 Å². The fraction of sp³-hybridized carbons (Fsp3) is 0.0833. The van der Waals surface area contributed by atoms with E-state index in [1.165, 1.54) is 0 Å². The monoisotopic (exact) mass is 368 g/mol. The zero-order chi connectivity index (χ0) is 19.7. The summed E-state index contributed by atoms with van der Waals surface area (Å²) in [5, 5.41) is 3.47. The Kier molecular flexibility index (Phi) is 4.53. The molecule has 0 aliphatic rings. The Morgan fingerprint density at radius 1 is 0.821 bits per heavy atom. The van der Waals surface area contributed by atoms with E-state index in [-0.39, 0.29) is 0 Å². The molecule has 1 amide bonds. The highest BCUT2D eigenvalue weighted by atomic mass is 16.2. The first kappa shape index (κ1) is 17.7. The lowest BCUT2D eigenvalue weighted by Gasteiger charge is -2.07.